The molecule has 0 saturated carbocycles. The summed E-state index contributed by atoms with van der Waals surface area (Å²) >= 11 is 1.70. The molecule has 0 bridgehead atoms. The van der Waals surface area contributed by atoms with Crippen molar-refractivity contribution in [1.29, 1.82) is 0 Å². The van der Waals surface area contributed by atoms with Crippen molar-refractivity contribution in [3.63, 3.8) is 0 Å². The Morgan fingerprint density at radius 3 is 2.91 bits per heavy atom. The number of nitrogens with one attached hydrogen (secondary N) is 1. The number of rotatable bonds is 5. The van der Waals surface area contributed by atoms with Crippen molar-refractivity contribution < 1.29 is 0 Å². The summed E-state index contributed by atoms with van der Waals surface area (Å²) in [5.74, 6) is 1.69. The van der Waals surface area contributed by atoms with Gasteiger partial charge in [-0.25, -0.2) is 4.98 Å². The van der Waals surface area contributed by atoms with E-state index in [2.05, 4.69) is 44.4 Å². The lowest BCUT2D eigenvalue weighted by Gasteiger charge is -2.23. The van der Waals surface area contributed by atoms with E-state index in [1.807, 2.05) is 14.0 Å². The molecule has 0 radical (unpaired) electrons. The van der Waals surface area contributed by atoms with Crippen LogP contribution in [0, 0.1) is 12.8 Å². The minimum Gasteiger partial charge on any atom is -0.356 e. The third-order valence-corrected chi connectivity index (χ3v) is 4.83. The highest BCUT2D eigenvalue weighted by Gasteiger charge is 2.21. The first-order valence-electron chi connectivity index (χ1n) is 7.67. The summed E-state index contributed by atoms with van der Waals surface area (Å²) < 4.78 is 0. The molecule has 126 valence electrons. The molecule has 22 heavy (non-hydrogen) atoms. The number of guanidine groups is 1. The van der Waals surface area contributed by atoms with E-state index in [4.69, 9.17) is 0 Å². The first-order chi connectivity index (χ1) is 10.1. The predicted molar refractivity (Wildman–Crippen MR) is 105 cm³/mol. The monoisotopic (exact) mass is 437 g/mol. The van der Waals surface area contributed by atoms with Gasteiger partial charge >= 0.3 is 0 Å². The summed E-state index contributed by atoms with van der Waals surface area (Å²) in [4.78, 5) is 13.5. The van der Waals surface area contributed by atoms with E-state index in [-0.39, 0.29) is 24.0 Å². The molecule has 1 unspecified atom stereocenters. The van der Waals surface area contributed by atoms with Crippen LogP contribution in [0.3, 0.4) is 0 Å². The normalized spacial score (nSPS) is 19.1. The molecular weight excluding hydrogens is 409 g/mol. The maximum absolute atomic E-state index is 4.51. The summed E-state index contributed by atoms with van der Waals surface area (Å²) in [6.07, 6.45) is 1.28. The lowest BCUT2D eigenvalue weighted by Crippen LogP contribution is -2.41. The zero-order valence-corrected chi connectivity index (χ0v) is 17.1. The van der Waals surface area contributed by atoms with Gasteiger partial charge < -0.3 is 15.1 Å². The average Bonchev–Trinajstić information content (AvgIpc) is 3.08. The van der Waals surface area contributed by atoms with Crippen LogP contribution in [0.5, 0.6) is 0 Å². The van der Waals surface area contributed by atoms with Gasteiger partial charge in [-0.05, 0) is 32.4 Å². The molecule has 1 atom stereocenters. The largest absolute Gasteiger partial charge is 0.356 e. The van der Waals surface area contributed by atoms with Crippen LogP contribution in [0.4, 0.5) is 0 Å². The van der Waals surface area contributed by atoms with Crippen molar-refractivity contribution in [3.05, 3.63) is 16.1 Å². The van der Waals surface area contributed by atoms with Crippen molar-refractivity contribution in [2.24, 2.45) is 10.9 Å². The van der Waals surface area contributed by atoms with Gasteiger partial charge in [-0.3, -0.25) is 4.99 Å². The van der Waals surface area contributed by atoms with E-state index in [1.54, 1.807) is 11.3 Å². The summed E-state index contributed by atoms with van der Waals surface area (Å²) in [5.41, 5.74) is 1.11. The fraction of sp³-hybridized carbons (Fsp3) is 0.733. The molecule has 0 aliphatic carbocycles. The van der Waals surface area contributed by atoms with Gasteiger partial charge in [0.2, 0.25) is 0 Å². The molecule has 0 spiro atoms. The van der Waals surface area contributed by atoms with Crippen molar-refractivity contribution in [3.8, 4) is 0 Å². The molecule has 1 fully saturated rings. The first kappa shape index (κ1) is 19.6. The van der Waals surface area contributed by atoms with Gasteiger partial charge in [0.15, 0.2) is 5.96 Å². The number of thiazole rings is 1. The van der Waals surface area contributed by atoms with Crippen LogP contribution in [0.25, 0.3) is 0 Å². The minimum atomic E-state index is 0. The third kappa shape index (κ3) is 5.66. The lowest BCUT2D eigenvalue weighted by atomic mass is 10.1. The molecule has 1 N–H and O–H groups in total. The zero-order chi connectivity index (χ0) is 15.2. The summed E-state index contributed by atoms with van der Waals surface area (Å²) in [7, 11) is 3.91. The van der Waals surface area contributed by atoms with Crippen LogP contribution in [-0.2, 0) is 6.54 Å². The number of hydrogen-bond donors (Lipinski definition) is 1. The second kappa shape index (κ2) is 9.67. The summed E-state index contributed by atoms with van der Waals surface area (Å²) in [5, 5.41) is 6.75. The quantitative estimate of drug-likeness (QED) is 0.437. The Bertz CT molecular complexity index is 476. The Balaban J connectivity index is 0.00000242. The number of aromatic nitrogens is 1. The van der Waals surface area contributed by atoms with Crippen molar-refractivity contribution in [2.45, 2.75) is 26.8 Å². The van der Waals surface area contributed by atoms with E-state index in [0.717, 1.165) is 42.2 Å². The molecule has 1 saturated heterocycles. The van der Waals surface area contributed by atoms with Crippen LogP contribution in [0.2, 0.25) is 0 Å². The molecular formula is C15H28IN5S. The molecule has 2 rings (SSSR count). The molecule has 1 aliphatic heterocycles. The molecule has 2 heterocycles. The van der Waals surface area contributed by atoms with Crippen molar-refractivity contribution >= 4 is 41.3 Å². The molecule has 0 aromatic carbocycles. The first-order valence-corrected chi connectivity index (χ1v) is 8.55. The van der Waals surface area contributed by atoms with Gasteiger partial charge in [0, 0.05) is 32.6 Å². The van der Waals surface area contributed by atoms with Crippen LogP contribution >= 0.6 is 35.3 Å². The standard InChI is InChI=1S/C15H27N5S.HI/c1-5-20-7-6-13(9-20)8-17-15(16-3)19(4)10-14-11-21-12(2)18-14;/h11,13H,5-10H2,1-4H3,(H,16,17);1H. The lowest BCUT2D eigenvalue weighted by molar-refractivity contribution is 0.340. The topological polar surface area (TPSA) is 43.8 Å². The predicted octanol–water partition coefficient (Wildman–Crippen LogP) is 2.42. The van der Waals surface area contributed by atoms with Gasteiger partial charge in [0.25, 0.3) is 0 Å². The van der Waals surface area contributed by atoms with Gasteiger partial charge in [0.05, 0.1) is 17.2 Å². The second-order valence-corrected chi connectivity index (χ2v) is 6.75. The van der Waals surface area contributed by atoms with E-state index in [0.29, 0.717) is 0 Å². The fourth-order valence-electron chi connectivity index (χ4n) is 2.79. The highest BCUT2D eigenvalue weighted by molar-refractivity contribution is 14.0. The Hall–Kier alpha value is -0.410. The SMILES string of the molecule is CCN1CCC(CNC(=NC)N(C)Cc2csc(C)n2)C1.I. The summed E-state index contributed by atoms with van der Waals surface area (Å²) in [6.45, 7) is 9.68. The van der Waals surface area contributed by atoms with E-state index in [1.165, 1.54) is 19.5 Å². The Morgan fingerprint density at radius 2 is 2.36 bits per heavy atom. The zero-order valence-electron chi connectivity index (χ0n) is 14.0. The van der Waals surface area contributed by atoms with Crippen LogP contribution in [0.15, 0.2) is 10.4 Å². The van der Waals surface area contributed by atoms with E-state index < -0.39 is 0 Å². The maximum atomic E-state index is 4.51. The minimum absolute atomic E-state index is 0. The van der Waals surface area contributed by atoms with Gasteiger partial charge in [0.1, 0.15) is 0 Å². The molecule has 1 aliphatic rings. The Labute approximate surface area is 155 Å². The van der Waals surface area contributed by atoms with Crippen molar-refractivity contribution in [2.75, 3.05) is 40.3 Å². The Kier molecular flexibility index (Phi) is 8.63. The third-order valence-electron chi connectivity index (χ3n) is 4.01. The van der Waals surface area contributed by atoms with Crippen LogP contribution in [0.1, 0.15) is 24.0 Å². The number of hydrogen-bond acceptors (Lipinski definition) is 4. The van der Waals surface area contributed by atoms with E-state index in [9.17, 15) is 0 Å². The van der Waals surface area contributed by atoms with Crippen LogP contribution in [-0.4, -0.2) is 61.0 Å². The highest BCUT2D eigenvalue weighted by Crippen LogP contribution is 2.15. The fourth-order valence-corrected chi connectivity index (χ4v) is 3.39. The smallest absolute Gasteiger partial charge is 0.193 e. The van der Waals surface area contributed by atoms with Gasteiger partial charge in [-0.2, -0.15) is 0 Å². The number of nitrogens with zero attached hydrogens (tertiary/aromatic N) is 4. The number of halogens is 1. The maximum Gasteiger partial charge on any atom is 0.193 e. The number of aryl methyl sites for hydroxylation is 1. The number of likely N-dealkylation sites (tertiary alicyclic amines) is 1. The molecule has 5 nitrogen and oxygen atoms in total. The Morgan fingerprint density at radius 1 is 1.59 bits per heavy atom. The summed E-state index contributed by atoms with van der Waals surface area (Å²) in [6, 6.07) is 0. The van der Waals surface area contributed by atoms with Gasteiger partial charge in [-0.15, -0.1) is 35.3 Å². The highest BCUT2D eigenvalue weighted by atomic mass is 127. The molecule has 0 amide bonds. The molecule has 1 aromatic heterocycles. The molecule has 1 aromatic rings. The average molecular weight is 437 g/mol. The number of aliphatic imine (C=N–C) groups is 1. The van der Waals surface area contributed by atoms with Crippen molar-refractivity contribution in [1.82, 2.24) is 20.1 Å². The van der Waals surface area contributed by atoms with E-state index >= 15 is 0 Å². The van der Waals surface area contributed by atoms with Gasteiger partial charge in [-0.1, -0.05) is 6.92 Å². The second-order valence-electron chi connectivity index (χ2n) is 5.69. The molecule has 7 heteroatoms. The van der Waals surface area contributed by atoms with Crippen LogP contribution < -0.4 is 5.32 Å².